The third-order valence-corrected chi connectivity index (χ3v) is 11.6. The Labute approximate surface area is 316 Å². The maximum Gasteiger partial charge on any atom is 0.394 e. The van der Waals surface area contributed by atoms with Gasteiger partial charge >= 0.3 is 10.4 Å². The van der Waals surface area contributed by atoms with Crippen LogP contribution < -0.4 is 9.47 Å². The summed E-state index contributed by atoms with van der Waals surface area (Å²) in [4.78, 5) is 13.7. The second-order valence-electron chi connectivity index (χ2n) is 14.4. The number of aliphatic hydroxyl groups excluding tert-OH is 2. The zero-order valence-corrected chi connectivity index (χ0v) is 31.6. The molecule has 54 heavy (non-hydrogen) atoms. The van der Waals surface area contributed by atoms with E-state index in [1.807, 2.05) is 48.5 Å². The number of nitrogens with zero attached hydrogens (tertiary/aromatic N) is 4. The van der Waals surface area contributed by atoms with Crippen molar-refractivity contribution in [2.45, 2.75) is 50.0 Å². The van der Waals surface area contributed by atoms with Crippen LogP contribution in [0.4, 0.5) is 0 Å². The molecular weight excluding hydrogens is 713 g/mol. The van der Waals surface area contributed by atoms with Gasteiger partial charge in [-0.1, -0.05) is 12.2 Å². The van der Waals surface area contributed by atoms with Crippen LogP contribution in [0.25, 0.3) is 21.8 Å². The Kier molecular flexibility index (Phi) is 13.5. The highest BCUT2D eigenvalue weighted by Crippen LogP contribution is 2.43. The average molecular weight is 765 g/mol. The molecule has 0 saturated carbocycles. The van der Waals surface area contributed by atoms with Gasteiger partial charge in [0.25, 0.3) is 0 Å². The number of fused-ring (bicyclic) bond motifs is 8. The summed E-state index contributed by atoms with van der Waals surface area (Å²) < 4.78 is 42.3. The van der Waals surface area contributed by atoms with Gasteiger partial charge in [-0.25, -0.2) is 0 Å². The number of rotatable bonds is 8. The lowest BCUT2D eigenvalue weighted by Gasteiger charge is -2.50. The average Bonchev–Trinajstić information content (AvgIpc) is 3.19. The molecule has 0 radical (unpaired) electrons. The lowest BCUT2D eigenvalue weighted by atomic mass is 9.73. The van der Waals surface area contributed by atoms with Crippen LogP contribution in [-0.4, -0.2) is 105 Å². The van der Waals surface area contributed by atoms with Crippen molar-refractivity contribution in [1.82, 2.24) is 19.8 Å². The van der Waals surface area contributed by atoms with Gasteiger partial charge in [-0.2, -0.15) is 8.42 Å². The third-order valence-electron chi connectivity index (χ3n) is 11.6. The smallest absolute Gasteiger partial charge is 0.394 e. The van der Waals surface area contributed by atoms with Gasteiger partial charge in [-0.05, 0) is 122 Å². The molecule has 0 amide bonds. The van der Waals surface area contributed by atoms with E-state index in [0.29, 0.717) is 23.7 Å². The highest BCUT2D eigenvalue weighted by Gasteiger charge is 2.43. The Bertz CT molecular complexity index is 1890. The molecule has 0 aliphatic carbocycles. The molecule has 10 rings (SSSR count). The van der Waals surface area contributed by atoms with Gasteiger partial charge in [0.1, 0.15) is 11.5 Å². The van der Waals surface area contributed by atoms with Crippen molar-refractivity contribution < 1.29 is 42.7 Å². The maximum absolute atomic E-state index is 11.2. The highest BCUT2D eigenvalue weighted by atomic mass is 32.3. The lowest BCUT2D eigenvalue weighted by Crippen LogP contribution is -2.54. The number of piperidine rings is 6. The lowest BCUT2D eigenvalue weighted by molar-refractivity contribution is -0.0445. The summed E-state index contributed by atoms with van der Waals surface area (Å²) in [5.41, 5.74) is 3.69. The van der Waals surface area contributed by atoms with Crippen LogP contribution in [0, 0.1) is 23.7 Å². The number of ether oxygens (including phenoxy) is 2. The van der Waals surface area contributed by atoms with Gasteiger partial charge in [-0.15, -0.1) is 13.2 Å². The number of aliphatic hydroxyl groups is 2. The van der Waals surface area contributed by atoms with Crippen molar-refractivity contribution >= 4 is 32.2 Å². The molecule has 14 heteroatoms. The molecule has 4 bridgehead atoms. The van der Waals surface area contributed by atoms with Crippen molar-refractivity contribution in [2.75, 3.05) is 40.4 Å². The fourth-order valence-electron chi connectivity index (χ4n) is 8.89. The Morgan fingerprint density at radius 3 is 1.44 bits per heavy atom. The van der Waals surface area contributed by atoms with Gasteiger partial charge < -0.3 is 25.2 Å². The second kappa shape index (κ2) is 17.6. The summed E-state index contributed by atoms with van der Waals surface area (Å²) in [6, 6.07) is 15.9. The number of hydrogen-bond donors (Lipinski definition) is 4. The van der Waals surface area contributed by atoms with Gasteiger partial charge in [0.15, 0.2) is 0 Å². The molecule has 13 nitrogen and oxygen atoms in total. The summed E-state index contributed by atoms with van der Waals surface area (Å²) in [5.74, 6) is 4.01. The Hall–Kier alpha value is -3.99. The molecule has 8 heterocycles. The van der Waals surface area contributed by atoms with Crippen molar-refractivity contribution in [3.8, 4) is 11.5 Å². The van der Waals surface area contributed by atoms with Crippen LogP contribution in [0.5, 0.6) is 11.5 Å². The van der Waals surface area contributed by atoms with Gasteiger partial charge in [-0.3, -0.25) is 28.9 Å². The molecular formula is C40H52N4O9S. The molecule has 10 unspecified atom stereocenters. The standard InChI is InChI=1S/2C20H24N2O2.H2O4S.H2O/c2*1-3-13-12-22-9-7-14(13)10-19(22)20(23)16-6-8-21-18-5-4-15(24-2)11-17(16)18;1-5(2,3)4;/h2*3-6,8,11,13-14,19-20,23H,1,7,9-10,12H2,2H3;(H2,1,2,3,4);1H2. The summed E-state index contributed by atoms with van der Waals surface area (Å²) in [5, 5.41) is 24.3. The molecule has 292 valence electrons. The summed E-state index contributed by atoms with van der Waals surface area (Å²) >= 11 is 0. The fourth-order valence-corrected chi connectivity index (χ4v) is 8.89. The van der Waals surface area contributed by atoms with E-state index in [-0.39, 0.29) is 17.6 Å². The normalized spacial score (nSPS) is 28.0. The van der Waals surface area contributed by atoms with Crippen molar-refractivity contribution in [2.24, 2.45) is 23.7 Å². The molecule has 0 spiro atoms. The fraction of sp³-hybridized carbons (Fsp3) is 0.450. The van der Waals surface area contributed by atoms with Crippen LogP contribution in [0.1, 0.15) is 49.0 Å². The van der Waals surface area contributed by atoms with Crippen LogP contribution >= 0.6 is 0 Å². The first-order chi connectivity index (χ1) is 25.4. The van der Waals surface area contributed by atoms with Crippen molar-refractivity contribution in [3.05, 3.63) is 97.4 Å². The molecule has 2 aromatic heterocycles. The van der Waals surface area contributed by atoms with Crippen LogP contribution in [0.3, 0.4) is 0 Å². The Morgan fingerprint density at radius 2 is 1.13 bits per heavy atom. The largest absolute Gasteiger partial charge is 0.497 e. The Morgan fingerprint density at radius 1 is 0.741 bits per heavy atom. The number of benzene rings is 2. The maximum atomic E-state index is 11.2. The van der Waals surface area contributed by atoms with E-state index < -0.39 is 22.6 Å². The number of hydrogen-bond acceptors (Lipinski definition) is 10. The third kappa shape index (κ3) is 9.09. The molecule has 2 aromatic carbocycles. The minimum atomic E-state index is -4.67. The molecule has 6 aliphatic rings. The predicted molar refractivity (Wildman–Crippen MR) is 208 cm³/mol. The topological polar surface area (TPSA) is 197 Å². The molecule has 6 fully saturated rings. The molecule has 6 saturated heterocycles. The first-order valence-electron chi connectivity index (χ1n) is 18.1. The van der Waals surface area contributed by atoms with Gasteiger partial charge in [0.2, 0.25) is 0 Å². The van der Waals surface area contributed by atoms with E-state index in [1.54, 1.807) is 26.6 Å². The quantitative estimate of drug-likeness (QED) is 0.141. The van der Waals surface area contributed by atoms with Gasteiger partial charge in [0, 0.05) is 48.3 Å². The number of pyridine rings is 2. The van der Waals surface area contributed by atoms with Gasteiger partial charge in [0.05, 0.1) is 37.5 Å². The van der Waals surface area contributed by atoms with Crippen LogP contribution in [0.2, 0.25) is 0 Å². The van der Waals surface area contributed by atoms with Crippen LogP contribution in [-0.2, 0) is 10.4 Å². The van der Waals surface area contributed by atoms with E-state index in [2.05, 4.69) is 45.1 Å². The van der Waals surface area contributed by atoms with Crippen LogP contribution in [0.15, 0.2) is 86.2 Å². The summed E-state index contributed by atoms with van der Waals surface area (Å²) in [6.45, 7) is 12.1. The number of methoxy groups -OCH3 is 2. The first-order valence-corrected chi connectivity index (χ1v) is 19.5. The predicted octanol–water partition coefficient (Wildman–Crippen LogP) is 4.87. The van der Waals surface area contributed by atoms with E-state index >= 15 is 0 Å². The number of aromatic nitrogens is 2. The van der Waals surface area contributed by atoms with Crippen molar-refractivity contribution in [1.29, 1.82) is 0 Å². The first kappa shape index (κ1) is 41.2. The SMILES string of the molecule is C=CC1CN2CCC1CC2C(O)c1ccnc2ccc(OC)cc12.C=CC1CN2CCC1CC2C(O)c1ccnc2ccc(OC)cc12.O.O=S(=O)(O)O. The van der Waals surface area contributed by atoms with E-state index in [1.165, 1.54) is 12.8 Å². The van der Waals surface area contributed by atoms with Crippen molar-refractivity contribution in [3.63, 3.8) is 0 Å². The molecule has 6 aliphatic heterocycles. The molecule has 6 N–H and O–H groups in total. The minimum absolute atomic E-state index is 0. The molecule has 4 aromatic rings. The molecule has 10 atom stereocenters. The second-order valence-corrected chi connectivity index (χ2v) is 15.3. The zero-order valence-electron chi connectivity index (χ0n) is 30.7. The summed E-state index contributed by atoms with van der Waals surface area (Å²) in [6.07, 6.45) is 11.2. The van der Waals surface area contributed by atoms with E-state index in [0.717, 1.165) is 83.5 Å². The monoisotopic (exact) mass is 764 g/mol. The Balaban J connectivity index is 0.000000182. The highest BCUT2D eigenvalue weighted by molar-refractivity contribution is 7.79. The minimum Gasteiger partial charge on any atom is -0.497 e. The zero-order chi connectivity index (χ0) is 37.9. The van der Waals surface area contributed by atoms with E-state index in [9.17, 15) is 10.2 Å². The van der Waals surface area contributed by atoms with E-state index in [4.69, 9.17) is 27.0 Å². The summed E-state index contributed by atoms with van der Waals surface area (Å²) in [7, 11) is -1.34.